The van der Waals surface area contributed by atoms with Crippen molar-refractivity contribution >= 4 is 56.8 Å². The SMILES string of the molecule is S=CS.[PbH2]. The molecule has 0 aliphatic heterocycles. The summed E-state index contributed by atoms with van der Waals surface area (Å²) in [7, 11) is 0. The van der Waals surface area contributed by atoms with Crippen molar-refractivity contribution in [1.29, 1.82) is 0 Å². The van der Waals surface area contributed by atoms with Crippen LogP contribution < -0.4 is 0 Å². The minimum atomic E-state index is 0. The van der Waals surface area contributed by atoms with Gasteiger partial charge in [-0.2, -0.15) is 0 Å². The fraction of sp³-hybridized carbons (Fsp3) is 0. The van der Waals surface area contributed by atoms with Crippen LogP contribution in [0.4, 0.5) is 0 Å². The molecule has 0 aliphatic carbocycles. The van der Waals surface area contributed by atoms with Crippen LogP contribution in [0, 0.1) is 0 Å². The van der Waals surface area contributed by atoms with E-state index in [2.05, 4.69) is 24.8 Å². The second-order valence-electron chi connectivity index (χ2n) is 0.105. The van der Waals surface area contributed by atoms with Crippen LogP contribution in [0.25, 0.3) is 0 Å². The van der Waals surface area contributed by atoms with Crippen molar-refractivity contribution in [2.24, 2.45) is 0 Å². The molecule has 24 valence electrons. The molecule has 0 bridgehead atoms. The quantitative estimate of drug-likeness (QED) is 0.370. The van der Waals surface area contributed by atoms with Gasteiger partial charge in [-0.1, -0.05) is 12.2 Å². The molecule has 0 rings (SSSR count). The zero-order valence-electron chi connectivity index (χ0n) is 2.14. The van der Waals surface area contributed by atoms with Crippen LogP contribution in [0.1, 0.15) is 0 Å². The standard InChI is InChI=1S/CH2S2.Pb.2H/c2-1-3;;;/h1H,(H,2,3);;;. The van der Waals surface area contributed by atoms with Gasteiger partial charge in [-0.3, -0.25) is 0 Å². The molecule has 2 radical (unpaired) electrons. The molecule has 0 saturated carbocycles. The van der Waals surface area contributed by atoms with E-state index in [1.165, 1.54) is 4.70 Å². The van der Waals surface area contributed by atoms with Gasteiger partial charge in [-0.05, 0) is 0 Å². The first kappa shape index (κ1) is 9.03. The molecule has 0 spiro atoms. The van der Waals surface area contributed by atoms with Gasteiger partial charge in [-0.25, -0.2) is 0 Å². The molecule has 0 heterocycles. The summed E-state index contributed by atoms with van der Waals surface area (Å²) in [5.41, 5.74) is 0. The summed E-state index contributed by atoms with van der Waals surface area (Å²) in [5, 5.41) is 0. The van der Waals surface area contributed by atoms with Gasteiger partial charge in [-0.15, -0.1) is 12.6 Å². The second kappa shape index (κ2) is 8.84. The van der Waals surface area contributed by atoms with Crippen molar-refractivity contribution in [3.63, 3.8) is 0 Å². The molecule has 0 saturated heterocycles. The van der Waals surface area contributed by atoms with E-state index in [9.17, 15) is 0 Å². The van der Waals surface area contributed by atoms with Crippen LogP contribution in [-0.2, 0) is 0 Å². The average Bonchev–Trinajstić information content (AvgIpc) is 0.918. The number of rotatable bonds is 0. The normalized spacial score (nSPS) is 3.25. The van der Waals surface area contributed by atoms with Crippen LogP contribution in [0.2, 0.25) is 0 Å². The van der Waals surface area contributed by atoms with Gasteiger partial charge in [0.15, 0.2) is 0 Å². The molecule has 0 aromatic carbocycles. The molecular weight excluding hydrogens is 283 g/mol. The molecule has 0 fully saturated rings. The predicted molar refractivity (Wildman–Crippen MR) is 31.2 cm³/mol. The zero-order valence-corrected chi connectivity index (χ0v) is 9.35. The van der Waals surface area contributed by atoms with Gasteiger partial charge in [0.05, 0.1) is 0 Å². The molecule has 4 heavy (non-hydrogen) atoms. The zero-order chi connectivity index (χ0) is 2.71. The van der Waals surface area contributed by atoms with E-state index < -0.39 is 0 Å². The number of hydrogen-bond acceptors (Lipinski definition) is 1. The Morgan fingerprint density at radius 1 is 1.75 bits per heavy atom. The molecule has 0 N–H and O–H groups in total. The average molecular weight is 287 g/mol. The van der Waals surface area contributed by atoms with E-state index in [1.54, 1.807) is 0 Å². The van der Waals surface area contributed by atoms with Gasteiger partial charge >= 0.3 is 27.3 Å². The van der Waals surface area contributed by atoms with E-state index in [0.717, 1.165) is 0 Å². The fourth-order valence-corrected chi connectivity index (χ4v) is 0. The second-order valence-corrected chi connectivity index (χ2v) is 0.949. The summed E-state index contributed by atoms with van der Waals surface area (Å²) in [6, 6.07) is 0. The third-order valence-electron chi connectivity index (χ3n) is 0. The van der Waals surface area contributed by atoms with Crippen molar-refractivity contribution in [2.45, 2.75) is 0 Å². The van der Waals surface area contributed by atoms with Gasteiger partial charge in [0.25, 0.3) is 0 Å². The molecule has 0 atom stereocenters. The molecule has 0 amide bonds. The summed E-state index contributed by atoms with van der Waals surface area (Å²) >= 11 is 7.61. The van der Waals surface area contributed by atoms with Crippen molar-refractivity contribution in [3.8, 4) is 0 Å². The van der Waals surface area contributed by atoms with Crippen LogP contribution in [-0.4, -0.2) is 32.0 Å². The number of hydrogen-bond donors (Lipinski definition) is 1. The Kier molecular flexibility index (Phi) is 19.9. The topological polar surface area (TPSA) is 0 Å². The molecular formula is CH4PbS2. The fourth-order valence-electron chi connectivity index (χ4n) is 0. The molecule has 0 aromatic rings. The summed E-state index contributed by atoms with van der Waals surface area (Å²) in [5.74, 6) is 0. The summed E-state index contributed by atoms with van der Waals surface area (Å²) < 4.78 is 1.28. The molecule has 0 aromatic heterocycles. The Balaban J connectivity index is 0. The van der Waals surface area contributed by atoms with Crippen molar-refractivity contribution in [2.75, 3.05) is 0 Å². The van der Waals surface area contributed by atoms with Gasteiger partial charge in [0.1, 0.15) is 0 Å². The number of thiol groups is 1. The van der Waals surface area contributed by atoms with Crippen molar-refractivity contribution in [3.05, 3.63) is 0 Å². The first-order valence-corrected chi connectivity index (χ1v) is 1.48. The first-order chi connectivity index (χ1) is 1.41. The maximum absolute atomic E-state index is 4.13. The monoisotopic (exact) mass is 288 g/mol. The van der Waals surface area contributed by atoms with E-state index in [1.807, 2.05) is 0 Å². The van der Waals surface area contributed by atoms with E-state index in [4.69, 9.17) is 0 Å². The van der Waals surface area contributed by atoms with Crippen LogP contribution >= 0.6 is 24.8 Å². The molecule has 0 nitrogen and oxygen atoms in total. The van der Waals surface area contributed by atoms with Crippen molar-refractivity contribution in [1.82, 2.24) is 0 Å². The Labute approximate surface area is 56.5 Å². The van der Waals surface area contributed by atoms with Crippen LogP contribution in [0.15, 0.2) is 0 Å². The predicted octanol–water partition coefficient (Wildman–Crippen LogP) is -0.0428. The van der Waals surface area contributed by atoms with E-state index >= 15 is 0 Å². The Bertz CT molecular complexity index is 13.5. The van der Waals surface area contributed by atoms with E-state index in [0.29, 0.717) is 0 Å². The summed E-state index contributed by atoms with van der Waals surface area (Å²) in [4.78, 5) is 0. The summed E-state index contributed by atoms with van der Waals surface area (Å²) in [6.07, 6.45) is 0. The van der Waals surface area contributed by atoms with Gasteiger partial charge < -0.3 is 0 Å². The van der Waals surface area contributed by atoms with Crippen LogP contribution in [0.3, 0.4) is 0 Å². The summed E-state index contributed by atoms with van der Waals surface area (Å²) in [6.45, 7) is 0. The Morgan fingerprint density at radius 2 is 1.75 bits per heavy atom. The molecule has 3 heteroatoms. The minimum absolute atomic E-state index is 0. The third kappa shape index (κ3) is 10.1. The van der Waals surface area contributed by atoms with Gasteiger partial charge in [0, 0.05) is 4.70 Å². The van der Waals surface area contributed by atoms with Gasteiger partial charge in [0.2, 0.25) is 0 Å². The maximum atomic E-state index is 4.13. The Hall–Kier alpha value is 1.36. The van der Waals surface area contributed by atoms with Crippen LogP contribution in [0.5, 0.6) is 0 Å². The van der Waals surface area contributed by atoms with Crippen molar-refractivity contribution < 1.29 is 0 Å². The Morgan fingerprint density at radius 3 is 1.75 bits per heavy atom. The number of thiocarbonyl (C=S) groups is 1. The first-order valence-electron chi connectivity index (χ1n) is 0.494. The third-order valence-corrected chi connectivity index (χ3v) is 0. The van der Waals surface area contributed by atoms with E-state index in [-0.39, 0.29) is 27.3 Å². The molecule has 0 aliphatic rings. The molecule has 0 unspecified atom stereocenters.